The molecule has 1 aromatic rings. The van der Waals surface area contributed by atoms with E-state index in [1.165, 1.54) is 56.9 Å². The summed E-state index contributed by atoms with van der Waals surface area (Å²) in [5.41, 5.74) is 1.93. The summed E-state index contributed by atoms with van der Waals surface area (Å²) in [5, 5.41) is 0. The molecule has 0 radical (unpaired) electrons. The minimum absolute atomic E-state index is 0.596. The van der Waals surface area contributed by atoms with Crippen molar-refractivity contribution in [1.82, 2.24) is 0 Å². The van der Waals surface area contributed by atoms with E-state index in [-0.39, 0.29) is 0 Å². The molecule has 3 rings (SSSR count). The van der Waals surface area contributed by atoms with Crippen LogP contribution in [0.5, 0.6) is 0 Å². The highest BCUT2D eigenvalue weighted by Gasteiger charge is 2.30. The van der Waals surface area contributed by atoms with Gasteiger partial charge in [0, 0.05) is 6.08 Å². The van der Waals surface area contributed by atoms with E-state index < -0.39 is 6.08 Å². The van der Waals surface area contributed by atoms with Crippen LogP contribution in [-0.4, -0.2) is 0 Å². The van der Waals surface area contributed by atoms with Crippen LogP contribution in [0.1, 0.15) is 75.3 Å². The maximum atomic E-state index is 12.3. The van der Waals surface area contributed by atoms with E-state index in [0.29, 0.717) is 11.5 Å². The highest BCUT2D eigenvalue weighted by atomic mass is 19.3. The maximum Gasteiger partial charge on any atom is 0.270 e. The molecule has 2 aliphatic carbocycles. The maximum absolute atomic E-state index is 12.3. The predicted octanol–water partition coefficient (Wildman–Crippen LogP) is 7.02. The molecule has 0 heterocycles. The van der Waals surface area contributed by atoms with E-state index in [1.54, 1.807) is 0 Å². The van der Waals surface area contributed by atoms with E-state index >= 15 is 0 Å². The van der Waals surface area contributed by atoms with E-state index in [2.05, 4.69) is 6.92 Å². The van der Waals surface area contributed by atoms with Gasteiger partial charge in [0.1, 0.15) is 0 Å². The van der Waals surface area contributed by atoms with Crippen molar-refractivity contribution in [2.24, 2.45) is 17.8 Å². The summed E-state index contributed by atoms with van der Waals surface area (Å²) in [5.74, 6) is 3.46. The first-order valence-electron chi connectivity index (χ1n) is 9.24. The zero-order chi connectivity index (χ0) is 16.2. The third kappa shape index (κ3) is 4.43. The van der Waals surface area contributed by atoms with Crippen LogP contribution in [-0.2, 0) is 0 Å². The van der Waals surface area contributed by atoms with Gasteiger partial charge in [-0.05, 0) is 73.3 Å². The summed E-state index contributed by atoms with van der Waals surface area (Å²) in [4.78, 5) is 0. The van der Waals surface area contributed by atoms with Crippen molar-refractivity contribution in [2.45, 2.75) is 64.2 Å². The van der Waals surface area contributed by atoms with Crippen molar-refractivity contribution in [3.8, 4) is 0 Å². The van der Waals surface area contributed by atoms with Crippen LogP contribution in [0.25, 0.3) is 6.08 Å². The second-order valence-electron chi connectivity index (χ2n) is 7.73. The molecule has 0 amide bonds. The second kappa shape index (κ2) is 7.59. The summed E-state index contributed by atoms with van der Waals surface area (Å²) in [6.45, 7) is 2.39. The SMILES string of the molecule is C[C@H]1CC[C@H]([C@H]2CC[C@H](c3ccc(C=C(F)F)cc3)CC2)CC1. The van der Waals surface area contributed by atoms with Gasteiger partial charge >= 0.3 is 0 Å². The van der Waals surface area contributed by atoms with E-state index in [9.17, 15) is 8.78 Å². The first kappa shape index (κ1) is 16.7. The van der Waals surface area contributed by atoms with Crippen molar-refractivity contribution in [1.29, 1.82) is 0 Å². The molecule has 2 fully saturated rings. The standard InChI is InChI=1S/C21H28F2/c1-15-2-6-17(7-3-15)19-10-12-20(13-11-19)18-8-4-16(5-9-18)14-21(22)23/h4-5,8-9,14-15,17,19-20H,2-3,6-7,10-13H2,1H3/t15-,17-,19-,20-. The van der Waals surface area contributed by atoms with E-state index in [1.807, 2.05) is 24.3 Å². The highest BCUT2D eigenvalue weighted by Crippen LogP contribution is 2.43. The van der Waals surface area contributed by atoms with Gasteiger partial charge in [-0.2, -0.15) is 8.78 Å². The fourth-order valence-electron chi connectivity index (χ4n) is 4.67. The molecule has 0 bridgehead atoms. The molecule has 1 aromatic carbocycles. The van der Waals surface area contributed by atoms with Crippen molar-refractivity contribution in [2.75, 3.05) is 0 Å². The van der Waals surface area contributed by atoms with Crippen molar-refractivity contribution in [3.63, 3.8) is 0 Å². The topological polar surface area (TPSA) is 0 Å². The first-order valence-corrected chi connectivity index (χ1v) is 9.24. The Balaban J connectivity index is 1.53. The molecule has 0 aliphatic heterocycles. The minimum Gasteiger partial charge on any atom is -0.173 e. The van der Waals surface area contributed by atoms with Gasteiger partial charge in [0.2, 0.25) is 0 Å². The number of benzene rings is 1. The van der Waals surface area contributed by atoms with Crippen LogP contribution < -0.4 is 0 Å². The average molecular weight is 318 g/mol. The van der Waals surface area contributed by atoms with Crippen molar-refractivity contribution < 1.29 is 8.78 Å². The molecular formula is C21H28F2. The lowest BCUT2D eigenvalue weighted by atomic mass is 9.68. The Kier molecular flexibility index (Phi) is 5.50. The largest absolute Gasteiger partial charge is 0.270 e. The number of hydrogen-bond acceptors (Lipinski definition) is 0. The molecule has 2 aliphatic rings. The first-order chi connectivity index (χ1) is 11.1. The molecule has 0 N–H and O–H groups in total. The quantitative estimate of drug-likeness (QED) is 0.561. The number of hydrogen-bond donors (Lipinski definition) is 0. The molecule has 0 aromatic heterocycles. The molecule has 0 spiro atoms. The molecule has 0 saturated heterocycles. The third-order valence-corrected chi connectivity index (χ3v) is 6.18. The Morgan fingerprint density at radius 3 is 1.87 bits per heavy atom. The molecule has 2 heteroatoms. The van der Waals surface area contributed by atoms with Gasteiger partial charge < -0.3 is 0 Å². The molecule has 23 heavy (non-hydrogen) atoms. The van der Waals surface area contributed by atoms with E-state index in [0.717, 1.165) is 23.8 Å². The summed E-state index contributed by atoms with van der Waals surface area (Å²) >= 11 is 0. The van der Waals surface area contributed by atoms with E-state index in [4.69, 9.17) is 0 Å². The second-order valence-corrected chi connectivity index (χ2v) is 7.73. The third-order valence-electron chi connectivity index (χ3n) is 6.18. The number of halogens is 2. The van der Waals surface area contributed by atoms with Crippen LogP contribution in [0.4, 0.5) is 8.78 Å². The van der Waals surface area contributed by atoms with Gasteiger partial charge in [-0.3, -0.25) is 0 Å². The summed E-state index contributed by atoms with van der Waals surface area (Å²) in [6, 6.07) is 7.73. The fourth-order valence-corrected chi connectivity index (χ4v) is 4.67. The Morgan fingerprint density at radius 2 is 1.35 bits per heavy atom. The summed E-state index contributed by atoms with van der Waals surface area (Å²) in [7, 11) is 0. The highest BCUT2D eigenvalue weighted by molar-refractivity contribution is 5.50. The number of rotatable bonds is 3. The normalized spacial score (nSPS) is 31.6. The average Bonchev–Trinajstić information content (AvgIpc) is 2.56. The Labute approximate surface area is 139 Å². The Bertz CT molecular complexity index is 511. The zero-order valence-electron chi connectivity index (χ0n) is 14.1. The lowest BCUT2D eigenvalue weighted by Crippen LogP contribution is -2.24. The van der Waals surface area contributed by atoms with Crippen molar-refractivity contribution in [3.05, 3.63) is 41.5 Å². The minimum atomic E-state index is -1.62. The molecule has 126 valence electrons. The van der Waals surface area contributed by atoms with Crippen molar-refractivity contribution >= 4 is 6.08 Å². The molecule has 0 atom stereocenters. The smallest absolute Gasteiger partial charge is 0.173 e. The van der Waals surface area contributed by atoms with Gasteiger partial charge in [-0.25, -0.2) is 0 Å². The fraction of sp³-hybridized carbons (Fsp3) is 0.619. The van der Waals surface area contributed by atoms with Crippen LogP contribution >= 0.6 is 0 Å². The lowest BCUT2D eigenvalue weighted by molar-refractivity contribution is 0.165. The van der Waals surface area contributed by atoms with Crippen LogP contribution in [0.3, 0.4) is 0 Å². The van der Waals surface area contributed by atoms with Gasteiger partial charge in [0.05, 0.1) is 0 Å². The zero-order valence-corrected chi connectivity index (χ0v) is 14.1. The van der Waals surface area contributed by atoms with Gasteiger partial charge in [0.15, 0.2) is 0 Å². The Morgan fingerprint density at radius 1 is 0.826 bits per heavy atom. The lowest BCUT2D eigenvalue weighted by Gasteiger charge is -2.37. The molecule has 2 saturated carbocycles. The van der Waals surface area contributed by atoms with Crippen LogP contribution in [0, 0.1) is 17.8 Å². The molecule has 0 nitrogen and oxygen atoms in total. The van der Waals surface area contributed by atoms with Gasteiger partial charge in [-0.15, -0.1) is 0 Å². The van der Waals surface area contributed by atoms with Crippen LogP contribution in [0.2, 0.25) is 0 Å². The summed E-state index contributed by atoms with van der Waals surface area (Å²) < 4.78 is 24.6. The molecular weight excluding hydrogens is 290 g/mol. The monoisotopic (exact) mass is 318 g/mol. The predicted molar refractivity (Wildman–Crippen MR) is 92.5 cm³/mol. The van der Waals surface area contributed by atoms with Gasteiger partial charge in [-0.1, -0.05) is 44.0 Å². The summed E-state index contributed by atoms with van der Waals surface area (Å²) in [6.07, 6.45) is 10.3. The van der Waals surface area contributed by atoms with Gasteiger partial charge in [0.25, 0.3) is 6.08 Å². The Hall–Kier alpha value is -1.18. The molecule has 0 unspecified atom stereocenters. The van der Waals surface area contributed by atoms with Crippen LogP contribution in [0.15, 0.2) is 30.3 Å².